The number of hydrogen-bond acceptors (Lipinski definition) is 1. The largest absolute Gasteiger partial charge is 0.342 e. The van der Waals surface area contributed by atoms with Crippen molar-refractivity contribution >= 4 is 5.91 Å². The fraction of sp³-hybridized carbons (Fsp3) is 0.632. The Balaban J connectivity index is 1.89. The highest BCUT2D eigenvalue weighted by Gasteiger charge is 2.45. The summed E-state index contributed by atoms with van der Waals surface area (Å²) in [6.07, 6.45) is 7.32. The molecule has 3 rings (SSSR count). The Labute approximate surface area is 132 Å². The van der Waals surface area contributed by atoms with Gasteiger partial charge in [-0.15, -0.1) is 0 Å². The summed E-state index contributed by atoms with van der Waals surface area (Å²) in [4.78, 5) is 15.4. The van der Waals surface area contributed by atoms with Crippen molar-refractivity contribution in [2.75, 3.05) is 13.1 Å². The standard InChI is InChI=1S/C19H26FNO/c1-2-15-7-6-12-21(14-15)18(22)19(10-3-4-11-19)16-8-5-9-17(20)13-16/h5,8-9,13,15H,2-4,6-7,10-12,14H2,1H3. The van der Waals surface area contributed by atoms with E-state index in [9.17, 15) is 9.18 Å². The van der Waals surface area contributed by atoms with Crippen LogP contribution in [0.2, 0.25) is 0 Å². The molecule has 1 aromatic carbocycles. The second kappa shape index (κ2) is 6.39. The number of benzene rings is 1. The molecule has 1 atom stereocenters. The van der Waals surface area contributed by atoms with Gasteiger partial charge in [0.05, 0.1) is 5.41 Å². The van der Waals surface area contributed by atoms with Crippen molar-refractivity contribution in [2.24, 2.45) is 5.92 Å². The third kappa shape index (κ3) is 2.78. The fourth-order valence-corrected chi connectivity index (χ4v) is 4.28. The van der Waals surface area contributed by atoms with Crippen molar-refractivity contribution < 1.29 is 9.18 Å². The molecule has 0 bridgehead atoms. The molecule has 1 saturated heterocycles. The lowest BCUT2D eigenvalue weighted by Crippen LogP contribution is -2.49. The zero-order chi connectivity index (χ0) is 15.6. The van der Waals surface area contributed by atoms with Crippen molar-refractivity contribution in [2.45, 2.75) is 57.3 Å². The molecule has 2 nitrogen and oxygen atoms in total. The highest BCUT2D eigenvalue weighted by Crippen LogP contribution is 2.43. The molecule has 0 N–H and O–H groups in total. The van der Waals surface area contributed by atoms with Crippen LogP contribution >= 0.6 is 0 Å². The van der Waals surface area contributed by atoms with Gasteiger partial charge in [0, 0.05) is 13.1 Å². The van der Waals surface area contributed by atoms with Gasteiger partial charge in [-0.1, -0.05) is 38.3 Å². The molecule has 1 aromatic rings. The Morgan fingerprint density at radius 2 is 2.09 bits per heavy atom. The second-order valence-corrected chi connectivity index (χ2v) is 6.97. The number of likely N-dealkylation sites (tertiary alicyclic amines) is 1. The first kappa shape index (κ1) is 15.5. The van der Waals surface area contributed by atoms with Crippen molar-refractivity contribution in [3.05, 3.63) is 35.6 Å². The van der Waals surface area contributed by atoms with Gasteiger partial charge in [-0.2, -0.15) is 0 Å². The monoisotopic (exact) mass is 303 g/mol. The average molecular weight is 303 g/mol. The first-order valence-corrected chi connectivity index (χ1v) is 8.71. The van der Waals surface area contributed by atoms with Gasteiger partial charge in [-0.25, -0.2) is 4.39 Å². The van der Waals surface area contributed by atoms with Crippen LogP contribution in [-0.4, -0.2) is 23.9 Å². The fourth-order valence-electron chi connectivity index (χ4n) is 4.28. The first-order valence-electron chi connectivity index (χ1n) is 8.71. The number of hydrogen-bond donors (Lipinski definition) is 0. The number of piperidine rings is 1. The molecule has 2 aliphatic rings. The molecular weight excluding hydrogens is 277 g/mol. The average Bonchev–Trinajstić information content (AvgIpc) is 3.05. The van der Waals surface area contributed by atoms with E-state index < -0.39 is 5.41 Å². The van der Waals surface area contributed by atoms with Crippen LogP contribution in [0.25, 0.3) is 0 Å². The molecule has 0 radical (unpaired) electrons. The van der Waals surface area contributed by atoms with Crippen LogP contribution in [0, 0.1) is 11.7 Å². The van der Waals surface area contributed by atoms with Gasteiger partial charge in [0.1, 0.15) is 5.82 Å². The van der Waals surface area contributed by atoms with Gasteiger partial charge in [0.15, 0.2) is 0 Å². The second-order valence-electron chi connectivity index (χ2n) is 6.97. The molecule has 1 aliphatic carbocycles. The highest BCUT2D eigenvalue weighted by atomic mass is 19.1. The molecule has 2 fully saturated rings. The van der Waals surface area contributed by atoms with E-state index in [1.807, 2.05) is 6.07 Å². The summed E-state index contributed by atoms with van der Waals surface area (Å²) in [6, 6.07) is 6.71. The summed E-state index contributed by atoms with van der Waals surface area (Å²) in [5.41, 5.74) is 0.409. The zero-order valence-electron chi connectivity index (χ0n) is 13.5. The van der Waals surface area contributed by atoms with Gasteiger partial charge in [-0.05, 0) is 49.3 Å². The van der Waals surface area contributed by atoms with Crippen LogP contribution < -0.4 is 0 Å². The van der Waals surface area contributed by atoms with Crippen molar-refractivity contribution in [1.29, 1.82) is 0 Å². The van der Waals surface area contributed by atoms with Gasteiger partial charge in [0.25, 0.3) is 0 Å². The summed E-state index contributed by atoms with van der Waals surface area (Å²) in [7, 11) is 0. The van der Waals surface area contributed by atoms with Crippen molar-refractivity contribution in [3.63, 3.8) is 0 Å². The predicted molar refractivity (Wildman–Crippen MR) is 86.1 cm³/mol. The van der Waals surface area contributed by atoms with Gasteiger partial charge < -0.3 is 4.90 Å². The number of carbonyl (C=O) groups excluding carboxylic acids is 1. The van der Waals surface area contributed by atoms with Gasteiger partial charge >= 0.3 is 0 Å². The summed E-state index contributed by atoms with van der Waals surface area (Å²) >= 11 is 0. The van der Waals surface area contributed by atoms with Gasteiger partial charge in [0.2, 0.25) is 5.91 Å². The van der Waals surface area contributed by atoms with Gasteiger partial charge in [-0.3, -0.25) is 4.79 Å². The molecule has 120 valence electrons. The van der Waals surface area contributed by atoms with E-state index >= 15 is 0 Å². The van der Waals surface area contributed by atoms with E-state index in [1.165, 1.54) is 12.5 Å². The number of nitrogens with zero attached hydrogens (tertiary/aromatic N) is 1. The molecule has 1 aliphatic heterocycles. The summed E-state index contributed by atoms with van der Waals surface area (Å²) in [5.74, 6) is 0.638. The Hall–Kier alpha value is -1.38. The van der Waals surface area contributed by atoms with E-state index in [0.717, 1.165) is 57.2 Å². The molecule has 22 heavy (non-hydrogen) atoms. The summed E-state index contributed by atoms with van der Waals surface area (Å²) in [6.45, 7) is 3.95. The maximum absolute atomic E-state index is 13.7. The molecule has 0 aromatic heterocycles. The Morgan fingerprint density at radius 1 is 1.32 bits per heavy atom. The number of amides is 1. The highest BCUT2D eigenvalue weighted by molar-refractivity contribution is 5.88. The van der Waals surface area contributed by atoms with Crippen molar-refractivity contribution in [3.8, 4) is 0 Å². The minimum Gasteiger partial charge on any atom is -0.342 e. The summed E-state index contributed by atoms with van der Waals surface area (Å²) in [5, 5.41) is 0. The quantitative estimate of drug-likeness (QED) is 0.816. The van der Waals surface area contributed by atoms with E-state index in [1.54, 1.807) is 12.1 Å². The minimum absolute atomic E-state index is 0.235. The predicted octanol–water partition coefficient (Wildman–Crippen LogP) is 4.29. The van der Waals surface area contributed by atoms with Crippen LogP contribution in [0.4, 0.5) is 4.39 Å². The van der Waals surface area contributed by atoms with E-state index in [2.05, 4.69) is 11.8 Å². The van der Waals surface area contributed by atoms with Crippen molar-refractivity contribution in [1.82, 2.24) is 4.90 Å². The maximum Gasteiger partial charge on any atom is 0.233 e. The molecule has 1 amide bonds. The molecule has 1 heterocycles. The molecule has 3 heteroatoms. The molecule has 0 spiro atoms. The van der Waals surface area contributed by atoms with E-state index in [4.69, 9.17) is 0 Å². The van der Waals surface area contributed by atoms with E-state index in [0.29, 0.717) is 5.92 Å². The maximum atomic E-state index is 13.7. The Kier molecular flexibility index (Phi) is 4.51. The molecule has 1 saturated carbocycles. The molecule has 1 unspecified atom stereocenters. The van der Waals surface area contributed by atoms with Crippen LogP contribution in [-0.2, 0) is 10.2 Å². The number of rotatable bonds is 3. The van der Waals surface area contributed by atoms with E-state index in [-0.39, 0.29) is 11.7 Å². The lowest BCUT2D eigenvalue weighted by Gasteiger charge is -2.39. The lowest BCUT2D eigenvalue weighted by atomic mass is 9.77. The lowest BCUT2D eigenvalue weighted by molar-refractivity contribution is -0.139. The number of carbonyl (C=O) groups is 1. The smallest absolute Gasteiger partial charge is 0.233 e. The summed E-state index contributed by atoms with van der Waals surface area (Å²) < 4.78 is 13.7. The number of halogens is 1. The van der Waals surface area contributed by atoms with Crippen LogP contribution in [0.3, 0.4) is 0 Å². The van der Waals surface area contributed by atoms with Crippen LogP contribution in [0.5, 0.6) is 0 Å². The zero-order valence-corrected chi connectivity index (χ0v) is 13.5. The first-order chi connectivity index (χ1) is 10.7. The Bertz CT molecular complexity index is 536. The third-order valence-electron chi connectivity index (χ3n) is 5.63. The minimum atomic E-state index is -0.474. The molecular formula is C19H26FNO. The normalized spacial score (nSPS) is 24.5. The Morgan fingerprint density at radius 3 is 2.77 bits per heavy atom. The topological polar surface area (TPSA) is 20.3 Å². The third-order valence-corrected chi connectivity index (χ3v) is 5.63. The van der Waals surface area contributed by atoms with Crippen LogP contribution in [0.15, 0.2) is 24.3 Å². The SMILES string of the molecule is CCC1CCCN(C(=O)C2(c3cccc(F)c3)CCCC2)C1. The van der Waals surface area contributed by atoms with Crippen LogP contribution in [0.1, 0.15) is 57.4 Å².